The van der Waals surface area contributed by atoms with Gasteiger partial charge in [-0.2, -0.15) is 5.10 Å². The van der Waals surface area contributed by atoms with E-state index in [1.807, 2.05) is 37.3 Å². The number of nitrogens with zero attached hydrogens (tertiary/aromatic N) is 3. The van der Waals surface area contributed by atoms with Crippen LogP contribution in [-0.2, 0) is 18.4 Å². The molecule has 1 unspecified atom stereocenters. The van der Waals surface area contributed by atoms with Crippen LogP contribution in [0.5, 0.6) is 0 Å². The van der Waals surface area contributed by atoms with Crippen LogP contribution in [-0.4, -0.2) is 39.6 Å². The molecule has 1 N–H and O–H groups in total. The Morgan fingerprint density at radius 3 is 2.68 bits per heavy atom. The SMILES string of the molecule is Cn1nccc1C(=O)N1CCCC(C)(C(=O)NCc2ccccc2)C1. The number of aryl methyl sites for hydroxylation is 1. The van der Waals surface area contributed by atoms with Crippen LogP contribution in [0, 0.1) is 5.41 Å². The van der Waals surface area contributed by atoms with Crippen LogP contribution in [0.25, 0.3) is 0 Å². The molecular formula is C19H24N4O2. The van der Waals surface area contributed by atoms with Crippen LogP contribution in [0.15, 0.2) is 42.6 Å². The van der Waals surface area contributed by atoms with E-state index in [4.69, 9.17) is 0 Å². The van der Waals surface area contributed by atoms with E-state index in [-0.39, 0.29) is 11.8 Å². The van der Waals surface area contributed by atoms with Crippen molar-refractivity contribution in [3.05, 3.63) is 53.9 Å². The average Bonchev–Trinajstić information content (AvgIpc) is 3.06. The molecule has 1 saturated heterocycles. The summed E-state index contributed by atoms with van der Waals surface area (Å²) < 4.78 is 1.57. The highest BCUT2D eigenvalue weighted by molar-refractivity contribution is 5.93. The first kappa shape index (κ1) is 17.2. The van der Waals surface area contributed by atoms with E-state index in [1.54, 1.807) is 28.9 Å². The van der Waals surface area contributed by atoms with Gasteiger partial charge in [-0.1, -0.05) is 30.3 Å². The number of amides is 2. The first-order valence-electron chi connectivity index (χ1n) is 8.59. The summed E-state index contributed by atoms with van der Waals surface area (Å²) in [4.78, 5) is 27.2. The molecule has 2 heterocycles. The van der Waals surface area contributed by atoms with Gasteiger partial charge in [-0.15, -0.1) is 0 Å². The molecule has 1 aliphatic rings. The smallest absolute Gasteiger partial charge is 0.272 e. The Hall–Kier alpha value is -2.63. The molecule has 6 heteroatoms. The van der Waals surface area contributed by atoms with Gasteiger partial charge in [-0.25, -0.2) is 0 Å². The van der Waals surface area contributed by atoms with Crippen molar-refractivity contribution >= 4 is 11.8 Å². The first-order chi connectivity index (χ1) is 12.0. The lowest BCUT2D eigenvalue weighted by atomic mass is 9.80. The van der Waals surface area contributed by atoms with Crippen molar-refractivity contribution in [2.24, 2.45) is 12.5 Å². The van der Waals surface area contributed by atoms with Gasteiger partial charge < -0.3 is 10.2 Å². The number of hydrogen-bond acceptors (Lipinski definition) is 3. The molecule has 2 amide bonds. The molecule has 132 valence electrons. The molecule has 0 aliphatic carbocycles. The molecule has 0 radical (unpaired) electrons. The first-order valence-corrected chi connectivity index (χ1v) is 8.59. The minimum absolute atomic E-state index is 0.00106. The number of piperidine rings is 1. The third-order valence-corrected chi connectivity index (χ3v) is 4.87. The van der Waals surface area contributed by atoms with Crippen molar-refractivity contribution in [3.63, 3.8) is 0 Å². The molecule has 0 bridgehead atoms. The zero-order valence-corrected chi connectivity index (χ0v) is 14.7. The lowest BCUT2D eigenvalue weighted by Crippen LogP contribution is -2.52. The second-order valence-electron chi connectivity index (χ2n) is 6.90. The zero-order chi connectivity index (χ0) is 17.9. The number of hydrogen-bond donors (Lipinski definition) is 1. The molecule has 2 aromatic rings. The molecule has 25 heavy (non-hydrogen) atoms. The van der Waals surface area contributed by atoms with E-state index in [9.17, 15) is 9.59 Å². The van der Waals surface area contributed by atoms with Crippen LogP contribution < -0.4 is 5.32 Å². The van der Waals surface area contributed by atoms with Crippen LogP contribution in [0.4, 0.5) is 0 Å². The second kappa shape index (κ2) is 7.09. The normalized spacial score (nSPS) is 20.3. The summed E-state index contributed by atoms with van der Waals surface area (Å²) in [5.41, 5.74) is 1.05. The van der Waals surface area contributed by atoms with Crippen LogP contribution in [0.3, 0.4) is 0 Å². The molecule has 1 aromatic heterocycles. The van der Waals surface area contributed by atoms with Crippen molar-refractivity contribution in [1.29, 1.82) is 0 Å². The quantitative estimate of drug-likeness (QED) is 0.925. The largest absolute Gasteiger partial charge is 0.351 e. The maximum absolute atomic E-state index is 12.7. The summed E-state index contributed by atoms with van der Waals surface area (Å²) in [5, 5.41) is 7.08. The molecule has 0 spiro atoms. The van der Waals surface area contributed by atoms with Gasteiger partial charge in [0.25, 0.3) is 5.91 Å². The van der Waals surface area contributed by atoms with E-state index >= 15 is 0 Å². The van der Waals surface area contributed by atoms with Gasteiger partial charge >= 0.3 is 0 Å². The molecule has 3 rings (SSSR count). The maximum Gasteiger partial charge on any atom is 0.272 e. The van der Waals surface area contributed by atoms with Gasteiger partial charge in [0, 0.05) is 32.9 Å². The fraction of sp³-hybridized carbons (Fsp3) is 0.421. The minimum Gasteiger partial charge on any atom is -0.351 e. The van der Waals surface area contributed by atoms with Crippen molar-refractivity contribution in [1.82, 2.24) is 20.0 Å². The van der Waals surface area contributed by atoms with Crippen molar-refractivity contribution < 1.29 is 9.59 Å². The molecular weight excluding hydrogens is 316 g/mol. The topological polar surface area (TPSA) is 67.2 Å². The number of likely N-dealkylation sites (tertiary alicyclic amines) is 1. The summed E-state index contributed by atoms with van der Waals surface area (Å²) in [7, 11) is 1.75. The average molecular weight is 340 g/mol. The highest BCUT2D eigenvalue weighted by atomic mass is 16.2. The third-order valence-electron chi connectivity index (χ3n) is 4.87. The number of carbonyl (C=O) groups excluding carboxylic acids is 2. The Bertz CT molecular complexity index is 756. The standard InChI is InChI=1S/C19H24N4O2/c1-19(18(25)20-13-15-7-4-3-5-8-15)10-6-12-23(14-19)17(24)16-9-11-21-22(16)2/h3-5,7-9,11H,6,10,12-14H2,1-2H3,(H,20,25). The van der Waals surface area contributed by atoms with Crippen LogP contribution in [0.1, 0.15) is 35.8 Å². The predicted octanol–water partition coefficient (Wildman–Crippen LogP) is 1.98. The number of benzene rings is 1. The number of aromatic nitrogens is 2. The van der Waals surface area contributed by atoms with Gasteiger partial charge in [0.1, 0.15) is 5.69 Å². The summed E-state index contributed by atoms with van der Waals surface area (Å²) in [6, 6.07) is 11.6. The van der Waals surface area contributed by atoms with Crippen molar-refractivity contribution in [3.8, 4) is 0 Å². The van der Waals surface area contributed by atoms with Crippen LogP contribution in [0.2, 0.25) is 0 Å². The zero-order valence-electron chi connectivity index (χ0n) is 14.7. The lowest BCUT2D eigenvalue weighted by molar-refractivity contribution is -0.132. The maximum atomic E-state index is 12.7. The van der Waals surface area contributed by atoms with E-state index in [2.05, 4.69) is 10.4 Å². The van der Waals surface area contributed by atoms with E-state index in [1.165, 1.54) is 0 Å². The molecule has 1 aromatic carbocycles. The number of carbonyl (C=O) groups is 2. The molecule has 1 fully saturated rings. The van der Waals surface area contributed by atoms with E-state index in [0.29, 0.717) is 25.3 Å². The number of rotatable bonds is 4. The highest BCUT2D eigenvalue weighted by Gasteiger charge is 2.39. The third kappa shape index (κ3) is 3.73. The Morgan fingerprint density at radius 2 is 2.00 bits per heavy atom. The predicted molar refractivity (Wildman–Crippen MR) is 94.7 cm³/mol. The van der Waals surface area contributed by atoms with Gasteiger partial charge in [-0.3, -0.25) is 14.3 Å². The Morgan fingerprint density at radius 1 is 1.24 bits per heavy atom. The number of nitrogens with one attached hydrogen (secondary N) is 1. The molecule has 1 atom stereocenters. The van der Waals surface area contributed by atoms with Crippen molar-refractivity contribution in [2.75, 3.05) is 13.1 Å². The van der Waals surface area contributed by atoms with Crippen molar-refractivity contribution in [2.45, 2.75) is 26.3 Å². The van der Waals surface area contributed by atoms with Crippen LogP contribution >= 0.6 is 0 Å². The summed E-state index contributed by atoms with van der Waals surface area (Å²) >= 11 is 0. The van der Waals surface area contributed by atoms with Gasteiger partial charge in [0.2, 0.25) is 5.91 Å². The van der Waals surface area contributed by atoms with Gasteiger partial charge in [0.15, 0.2) is 0 Å². The summed E-state index contributed by atoms with van der Waals surface area (Å²) in [6.45, 7) is 3.55. The lowest BCUT2D eigenvalue weighted by Gasteiger charge is -2.39. The summed E-state index contributed by atoms with van der Waals surface area (Å²) in [6.07, 6.45) is 3.21. The second-order valence-corrected chi connectivity index (χ2v) is 6.90. The Labute approximate surface area is 147 Å². The Balaban J connectivity index is 1.65. The van der Waals surface area contributed by atoms with Gasteiger partial charge in [-0.05, 0) is 31.4 Å². The Kier molecular flexibility index (Phi) is 4.88. The fourth-order valence-electron chi connectivity index (χ4n) is 3.34. The highest BCUT2D eigenvalue weighted by Crippen LogP contribution is 2.30. The fourth-order valence-corrected chi connectivity index (χ4v) is 3.34. The van der Waals surface area contributed by atoms with E-state index in [0.717, 1.165) is 18.4 Å². The summed E-state index contributed by atoms with van der Waals surface area (Å²) in [5.74, 6) is -0.0688. The minimum atomic E-state index is -0.568. The molecule has 6 nitrogen and oxygen atoms in total. The van der Waals surface area contributed by atoms with Gasteiger partial charge in [0.05, 0.1) is 5.41 Å². The van der Waals surface area contributed by atoms with E-state index < -0.39 is 5.41 Å². The molecule has 1 aliphatic heterocycles. The molecule has 0 saturated carbocycles. The monoisotopic (exact) mass is 340 g/mol.